The molecule has 0 bridgehead atoms. The lowest BCUT2D eigenvalue weighted by Gasteiger charge is -2.09. The molecule has 0 fully saturated rings. The first-order chi connectivity index (χ1) is 8.76. The van der Waals surface area contributed by atoms with Crippen molar-refractivity contribution in [1.29, 1.82) is 0 Å². The SMILES string of the molecule is CCC(c1ccccc1)c1nnc(C(=O)OC)o1. The minimum Gasteiger partial charge on any atom is -0.462 e. The first-order valence-electron chi connectivity index (χ1n) is 5.73. The molecule has 1 unspecified atom stereocenters. The monoisotopic (exact) mass is 246 g/mol. The van der Waals surface area contributed by atoms with E-state index in [9.17, 15) is 4.79 Å². The minimum atomic E-state index is -0.614. The lowest BCUT2D eigenvalue weighted by molar-refractivity contribution is 0.0553. The fourth-order valence-electron chi connectivity index (χ4n) is 1.78. The molecule has 1 aromatic heterocycles. The number of hydrogen-bond donors (Lipinski definition) is 0. The molecule has 5 heteroatoms. The van der Waals surface area contributed by atoms with Crippen molar-refractivity contribution in [1.82, 2.24) is 10.2 Å². The van der Waals surface area contributed by atoms with Gasteiger partial charge in [0.2, 0.25) is 5.89 Å². The third-order valence-electron chi connectivity index (χ3n) is 2.71. The molecule has 1 heterocycles. The fourth-order valence-corrected chi connectivity index (χ4v) is 1.78. The molecular formula is C13H14N2O3. The maximum Gasteiger partial charge on any atom is 0.396 e. The van der Waals surface area contributed by atoms with Gasteiger partial charge in [-0.05, 0) is 12.0 Å². The second-order valence-corrected chi connectivity index (χ2v) is 3.81. The Hall–Kier alpha value is -2.17. The zero-order valence-corrected chi connectivity index (χ0v) is 10.3. The molecule has 2 rings (SSSR count). The first kappa shape index (κ1) is 12.3. The van der Waals surface area contributed by atoms with Crippen molar-refractivity contribution in [3.8, 4) is 0 Å². The van der Waals surface area contributed by atoms with Gasteiger partial charge in [-0.2, -0.15) is 0 Å². The Bertz CT molecular complexity index is 522. The molecule has 0 aliphatic carbocycles. The molecule has 0 N–H and O–H groups in total. The Morgan fingerprint density at radius 3 is 2.67 bits per heavy atom. The van der Waals surface area contributed by atoms with Crippen molar-refractivity contribution >= 4 is 5.97 Å². The minimum absolute atomic E-state index is 0.00268. The molecule has 0 aliphatic rings. The summed E-state index contributed by atoms with van der Waals surface area (Å²) in [6.45, 7) is 2.03. The highest BCUT2D eigenvalue weighted by Gasteiger charge is 2.21. The standard InChI is InChI=1S/C13H14N2O3/c1-3-10(9-7-5-4-6-8-9)11-14-15-12(18-11)13(16)17-2/h4-8,10H,3H2,1-2H3. The van der Waals surface area contributed by atoms with E-state index in [2.05, 4.69) is 14.9 Å². The smallest absolute Gasteiger partial charge is 0.396 e. The highest BCUT2D eigenvalue weighted by Crippen LogP contribution is 2.26. The zero-order valence-electron chi connectivity index (χ0n) is 10.3. The number of methoxy groups -OCH3 is 1. The molecule has 18 heavy (non-hydrogen) atoms. The number of aromatic nitrogens is 2. The molecule has 0 spiro atoms. The van der Waals surface area contributed by atoms with Gasteiger partial charge < -0.3 is 9.15 Å². The molecule has 94 valence electrons. The predicted molar refractivity (Wildman–Crippen MR) is 64.2 cm³/mol. The van der Waals surface area contributed by atoms with Crippen LogP contribution in [-0.2, 0) is 4.74 Å². The molecule has 1 aromatic carbocycles. The van der Waals surface area contributed by atoms with Crippen LogP contribution in [0.4, 0.5) is 0 Å². The fraction of sp³-hybridized carbons (Fsp3) is 0.308. The average Bonchev–Trinajstić information content (AvgIpc) is 2.89. The van der Waals surface area contributed by atoms with E-state index in [1.807, 2.05) is 37.3 Å². The number of carbonyl (C=O) groups is 1. The Labute approximate surface area is 105 Å². The summed E-state index contributed by atoms with van der Waals surface area (Å²) in [6.07, 6.45) is 0.812. The predicted octanol–water partition coefficient (Wildman–Crippen LogP) is 2.40. The summed E-state index contributed by atoms with van der Waals surface area (Å²) in [6, 6.07) is 9.85. The van der Waals surface area contributed by atoms with Gasteiger partial charge in [-0.25, -0.2) is 4.79 Å². The van der Waals surface area contributed by atoms with Gasteiger partial charge in [0, 0.05) is 0 Å². The van der Waals surface area contributed by atoms with Gasteiger partial charge in [0.25, 0.3) is 0 Å². The molecule has 0 saturated carbocycles. The highest BCUT2D eigenvalue weighted by atomic mass is 16.5. The Balaban J connectivity index is 2.29. The number of esters is 1. The summed E-state index contributed by atoms with van der Waals surface area (Å²) < 4.78 is 9.88. The quantitative estimate of drug-likeness (QED) is 0.775. The van der Waals surface area contributed by atoms with E-state index in [-0.39, 0.29) is 11.8 Å². The third kappa shape index (κ3) is 2.40. The number of ether oxygens (including phenoxy) is 1. The summed E-state index contributed by atoms with van der Waals surface area (Å²) in [5.74, 6) is -0.292. The molecule has 0 amide bonds. The van der Waals surface area contributed by atoms with E-state index in [0.29, 0.717) is 5.89 Å². The number of nitrogens with zero attached hydrogens (tertiary/aromatic N) is 2. The molecule has 1 atom stereocenters. The molecule has 5 nitrogen and oxygen atoms in total. The highest BCUT2D eigenvalue weighted by molar-refractivity contribution is 5.83. The summed E-state index contributed by atoms with van der Waals surface area (Å²) >= 11 is 0. The van der Waals surface area contributed by atoms with E-state index in [4.69, 9.17) is 4.42 Å². The van der Waals surface area contributed by atoms with Crippen LogP contribution < -0.4 is 0 Å². The Kier molecular flexibility index (Phi) is 3.72. The van der Waals surface area contributed by atoms with Crippen molar-refractivity contribution in [3.63, 3.8) is 0 Å². The molecule has 2 aromatic rings. The largest absolute Gasteiger partial charge is 0.462 e. The van der Waals surface area contributed by atoms with Gasteiger partial charge in [0.05, 0.1) is 13.0 Å². The van der Waals surface area contributed by atoms with Gasteiger partial charge >= 0.3 is 11.9 Å². The lowest BCUT2D eigenvalue weighted by Crippen LogP contribution is -2.01. The number of benzene rings is 1. The van der Waals surface area contributed by atoms with E-state index >= 15 is 0 Å². The van der Waals surface area contributed by atoms with Crippen LogP contribution in [0.3, 0.4) is 0 Å². The van der Waals surface area contributed by atoms with Crippen molar-refractivity contribution < 1.29 is 13.9 Å². The molecule has 0 radical (unpaired) electrons. The van der Waals surface area contributed by atoms with Crippen LogP contribution in [0.15, 0.2) is 34.7 Å². The second-order valence-electron chi connectivity index (χ2n) is 3.81. The molecular weight excluding hydrogens is 232 g/mol. The van der Waals surface area contributed by atoms with Crippen LogP contribution in [0.1, 0.15) is 41.4 Å². The Morgan fingerprint density at radius 2 is 2.06 bits per heavy atom. The van der Waals surface area contributed by atoms with Crippen molar-refractivity contribution in [2.75, 3.05) is 7.11 Å². The summed E-state index contributed by atoms with van der Waals surface area (Å²) in [7, 11) is 1.28. The van der Waals surface area contributed by atoms with Crippen LogP contribution >= 0.6 is 0 Å². The summed E-state index contributed by atoms with van der Waals surface area (Å²) in [5.41, 5.74) is 1.08. The normalized spacial score (nSPS) is 12.1. The van der Waals surface area contributed by atoms with E-state index in [0.717, 1.165) is 12.0 Å². The summed E-state index contributed by atoms with van der Waals surface area (Å²) in [4.78, 5) is 11.3. The number of carbonyl (C=O) groups excluding carboxylic acids is 1. The Morgan fingerprint density at radius 1 is 1.33 bits per heavy atom. The van der Waals surface area contributed by atoms with E-state index < -0.39 is 5.97 Å². The topological polar surface area (TPSA) is 65.2 Å². The molecule has 0 aliphatic heterocycles. The number of rotatable bonds is 4. The van der Waals surface area contributed by atoms with Crippen LogP contribution in [0.5, 0.6) is 0 Å². The number of hydrogen-bond acceptors (Lipinski definition) is 5. The van der Waals surface area contributed by atoms with Crippen molar-refractivity contribution in [2.45, 2.75) is 19.3 Å². The van der Waals surface area contributed by atoms with Gasteiger partial charge in [0.15, 0.2) is 0 Å². The van der Waals surface area contributed by atoms with Crippen molar-refractivity contribution in [3.05, 3.63) is 47.7 Å². The van der Waals surface area contributed by atoms with E-state index in [1.165, 1.54) is 7.11 Å². The van der Waals surface area contributed by atoms with Gasteiger partial charge in [-0.1, -0.05) is 37.3 Å². The first-order valence-corrected chi connectivity index (χ1v) is 5.73. The van der Waals surface area contributed by atoms with Gasteiger partial charge in [-0.15, -0.1) is 10.2 Å². The zero-order chi connectivity index (χ0) is 13.0. The van der Waals surface area contributed by atoms with Crippen LogP contribution in [-0.4, -0.2) is 23.3 Å². The van der Waals surface area contributed by atoms with Crippen molar-refractivity contribution in [2.24, 2.45) is 0 Å². The third-order valence-corrected chi connectivity index (χ3v) is 2.71. The average molecular weight is 246 g/mol. The van der Waals surface area contributed by atoms with Crippen LogP contribution in [0.25, 0.3) is 0 Å². The van der Waals surface area contributed by atoms with Crippen LogP contribution in [0, 0.1) is 0 Å². The van der Waals surface area contributed by atoms with Gasteiger partial charge in [0.1, 0.15) is 0 Å². The molecule has 0 saturated heterocycles. The second kappa shape index (κ2) is 5.44. The maximum atomic E-state index is 11.3. The van der Waals surface area contributed by atoms with Gasteiger partial charge in [-0.3, -0.25) is 0 Å². The van der Waals surface area contributed by atoms with E-state index in [1.54, 1.807) is 0 Å². The lowest BCUT2D eigenvalue weighted by atomic mass is 9.97. The van der Waals surface area contributed by atoms with Crippen LogP contribution in [0.2, 0.25) is 0 Å². The summed E-state index contributed by atoms with van der Waals surface area (Å²) in [5, 5.41) is 7.61. The maximum absolute atomic E-state index is 11.3.